The van der Waals surface area contributed by atoms with Crippen LogP contribution in [-0.4, -0.2) is 61.0 Å². The zero-order valence-corrected chi connectivity index (χ0v) is 10.5. The van der Waals surface area contributed by atoms with Crippen molar-refractivity contribution in [3.8, 4) is 0 Å². The standard InChI is InChI=1S/C11H23N3O/c1-6-14-8-11(2,3)13(5)10(15)9(14)7-12-4/h9,12H,6-8H2,1-5H3. The monoisotopic (exact) mass is 213 g/mol. The summed E-state index contributed by atoms with van der Waals surface area (Å²) in [5.41, 5.74) is -0.0582. The minimum absolute atomic E-state index is 0.00183. The van der Waals surface area contributed by atoms with E-state index in [9.17, 15) is 4.79 Å². The number of hydrogen-bond donors (Lipinski definition) is 1. The van der Waals surface area contributed by atoms with Gasteiger partial charge >= 0.3 is 0 Å². The average Bonchev–Trinajstić information content (AvgIpc) is 2.19. The third kappa shape index (κ3) is 2.32. The molecular formula is C11H23N3O. The van der Waals surface area contributed by atoms with Gasteiger partial charge in [-0.15, -0.1) is 0 Å². The second-order valence-corrected chi connectivity index (χ2v) is 4.85. The van der Waals surface area contributed by atoms with Crippen LogP contribution in [0.15, 0.2) is 0 Å². The summed E-state index contributed by atoms with van der Waals surface area (Å²) in [5.74, 6) is 0.224. The first-order chi connectivity index (χ1) is 6.94. The van der Waals surface area contributed by atoms with E-state index in [2.05, 4.69) is 31.0 Å². The summed E-state index contributed by atoms with van der Waals surface area (Å²) in [5, 5.41) is 3.09. The molecule has 1 aliphatic heterocycles. The molecule has 1 saturated heterocycles. The molecule has 0 aromatic heterocycles. The van der Waals surface area contributed by atoms with Crippen LogP contribution in [-0.2, 0) is 4.79 Å². The Morgan fingerprint density at radius 2 is 2.13 bits per heavy atom. The smallest absolute Gasteiger partial charge is 0.241 e. The van der Waals surface area contributed by atoms with Crippen LogP contribution in [0.3, 0.4) is 0 Å². The Bertz CT molecular complexity index is 240. The molecule has 1 rings (SSSR count). The Morgan fingerprint density at radius 1 is 1.53 bits per heavy atom. The van der Waals surface area contributed by atoms with E-state index in [1.807, 2.05) is 19.0 Å². The lowest BCUT2D eigenvalue weighted by molar-refractivity contribution is -0.148. The fourth-order valence-electron chi connectivity index (χ4n) is 2.13. The summed E-state index contributed by atoms with van der Waals surface area (Å²) < 4.78 is 0. The minimum Gasteiger partial charge on any atom is -0.338 e. The molecule has 15 heavy (non-hydrogen) atoms. The van der Waals surface area contributed by atoms with Crippen molar-refractivity contribution in [1.29, 1.82) is 0 Å². The summed E-state index contributed by atoms with van der Waals surface area (Å²) in [7, 11) is 3.79. The molecule has 4 heteroatoms. The van der Waals surface area contributed by atoms with E-state index in [1.54, 1.807) is 0 Å². The highest BCUT2D eigenvalue weighted by Crippen LogP contribution is 2.23. The van der Waals surface area contributed by atoms with E-state index in [4.69, 9.17) is 0 Å². The lowest BCUT2D eigenvalue weighted by atomic mass is 9.95. The number of piperazine rings is 1. The lowest BCUT2D eigenvalue weighted by Crippen LogP contribution is -2.66. The first-order valence-electron chi connectivity index (χ1n) is 5.60. The first-order valence-corrected chi connectivity index (χ1v) is 5.60. The van der Waals surface area contributed by atoms with Crippen molar-refractivity contribution >= 4 is 5.91 Å². The van der Waals surface area contributed by atoms with Crippen molar-refractivity contribution < 1.29 is 4.79 Å². The summed E-state index contributed by atoms with van der Waals surface area (Å²) in [6, 6.07) is -0.00183. The molecule has 0 bridgehead atoms. The average molecular weight is 213 g/mol. The first kappa shape index (κ1) is 12.5. The largest absolute Gasteiger partial charge is 0.338 e. The van der Waals surface area contributed by atoms with Gasteiger partial charge in [-0.25, -0.2) is 0 Å². The predicted octanol–water partition coefficient (Wildman–Crippen LogP) is 0.147. The quantitative estimate of drug-likeness (QED) is 0.725. The highest BCUT2D eigenvalue weighted by molar-refractivity contribution is 5.83. The minimum atomic E-state index is -0.0582. The Labute approximate surface area is 92.6 Å². The molecule has 1 atom stereocenters. The SMILES string of the molecule is CCN1CC(C)(C)N(C)C(=O)C1CNC. The maximum Gasteiger partial charge on any atom is 0.241 e. The second-order valence-electron chi connectivity index (χ2n) is 4.85. The molecule has 1 aliphatic rings. The Kier molecular flexibility index (Phi) is 3.73. The molecule has 0 saturated carbocycles. The van der Waals surface area contributed by atoms with Gasteiger partial charge < -0.3 is 10.2 Å². The third-order valence-electron chi connectivity index (χ3n) is 3.36. The molecule has 1 amide bonds. The highest BCUT2D eigenvalue weighted by Gasteiger charge is 2.41. The van der Waals surface area contributed by atoms with Crippen LogP contribution in [0.25, 0.3) is 0 Å². The van der Waals surface area contributed by atoms with Crippen LogP contribution in [0.4, 0.5) is 0 Å². The third-order valence-corrected chi connectivity index (χ3v) is 3.36. The molecule has 0 radical (unpaired) electrons. The molecule has 0 aliphatic carbocycles. The van der Waals surface area contributed by atoms with Gasteiger partial charge in [0.1, 0.15) is 6.04 Å². The maximum atomic E-state index is 12.1. The summed E-state index contributed by atoms with van der Waals surface area (Å²) in [6.45, 7) is 8.93. The summed E-state index contributed by atoms with van der Waals surface area (Å²) in [6.07, 6.45) is 0. The molecule has 0 aromatic carbocycles. The van der Waals surface area contributed by atoms with Crippen molar-refractivity contribution in [2.24, 2.45) is 0 Å². The van der Waals surface area contributed by atoms with Crippen LogP contribution < -0.4 is 5.32 Å². The molecule has 0 aromatic rings. The molecule has 1 heterocycles. The molecule has 1 N–H and O–H groups in total. The summed E-state index contributed by atoms with van der Waals surface area (Å²) in [4.78, 5) is 16.3. The molecule has 4 nitrogen and oxygen atoms in total. The molecule has 1 unspecified atom stereocenters. The van der Waals surface area contributed by atoms with Crippen LogP contribution in [0.2, 0.25) is 0 Å². The normalized spacial score (nSPS) is 27.1. The van der Waals surface area contributed by atoms with E-state index < -0.39 is 0 Å². The van der Waals surface area contributed by atoms with Gasteiger partial charge in [-0.05, 0) is 27.4 Å². The molecular weight excluding hydrogens is 190 g/mol. The number of carbonyl (C=O) groups is 1. The fourth-order valence-corrected chi connectivity index (χ4v) is 2.13. The number of carbonyl (C=O) groups excluding carboxylic acids is 1. The van der Waals surface area contributed by atoms with Crippen molar-refractivity contribution in [2.75, 3.05) is 33.7 Å². The maximum absolute atomic E-state index is 12.1. The van der Waals surface area contributed by atoms with E-state index in [-0.39, 0.29) is 17.5 Å². The Morgan fingerprint density at radius 3 is 2.60 bits per heavy atom. The fraction of sp³-hybridized carbons (Fsp3) is 0.909. The van der Waals surface area contributed by atoms with E-state index in [0.717, 1.165) is 19.6 Å². The molecule has 0 spiro atoms. The van der Waals surface area contributed by atoms with E-state index >= 15 is 0 Å². The van der Waals surface area contributed by atoms with Gasteiger partial charge in [0.15, 0.2) is 0 Å². The Balaban J connectivity index is 2.85. The van der Waals surface area contributed by atoms with Crippen LogP contribution in [0.1, 0.15) is 20.8 Å². The summed E-state index contributed by atoms with van der Waals surface area (Å²) >= 11 is 0. The van der Waals surface area contributed by atoms with Crippen molar-refractivity contribution in [3.63, 3.8) is 0 Å². The second kappa shape index (κ2) is 4.49. The number of rotatable bonds is 3. The van der Waals surface area contributed by atoms with Crippen molar-refractivity contribution in [1.82, 2.24) is 15.1 Å². The van der Waals surface area contributed by atoms with Gasteiger partial charge in [0.25, 0.3) is 0 Å². The van der Waals surface area contributed by atoms with Gasteiger partial charge in [-0.3, -0.25) is 9.69 Å². The van der Waals surface area contributed by atoms with E-state index in [0.29, 0.717) is 0 Å². The number of hydrogen-bond acceptors (Lipinski definition) is 3. The number of nitrogens with one attached hydrogen (secondary N) is 1. The number of likely N-dealkylation sites (N-methyl/N-ethyl adjacent to an activating group) is 3. The van der Waals surface area contributed by atoms with E-state index in [1.165, 1.54) is 0 Å². The van der Waals surface area contributed by atoms with Crippen LogP contribution in [0, 0.1) is 0 Å². The highest BCUT2D eigenvalue weighted by atomic mass is 16.2. The molecule has 88 valence electrons. The van der Waals surface area contributed by atoms with Crippen molar-refractivity contribution in [3.05, 3.63) is 0 Å². The zero-order valence-electron chi connectivity index (χ0n) is 10.5. The number of nitrogens with zero attached hydrogens (tertiary/aromatic N) is 2. The van der Waals surface area contributed by atoms with Gasteiger partial charge in [-0.1, -0.05) is 6.92 Å². The van der Waals surface area contributed by atoms with Crippen LogP contribution >= 0.6 is 0 Å². The van der Waals surface area contributed by atoms with Gasteiger partial charge in [-0.2, -0.15) is 0 Å². The van der Waals surface area contributed by atoms with Crippen LogP contribution in [0.5, 0.6) is 0 Å². The van der Waals surface area contributed by atoms with Crippen molar-refractivity contribution in [2.45, 2.75) is 32.4 Å². The van der Waals surface area contributed by atoms with Gasteiger partial charge in [0, 0.05) is 25.7 Å². The topological polar surface area (TPSA) is 35.6 Å². The zero-order chi connectivity index (χ0) is 11.6. The lowest BCUT2D eigenvalue weighted by Gasteiger charge is -2.48. The van der Waals surface area contributed by atoms with Gasteiger partial charge in [0.05, 0.1) is 0 Å². The molecule has 1 fully saturated rings. The van der Waals surface area contributed by atoms with Gasteiger partial charge in [0.2, 0.25) is 5.91 Å². The Hall–Kier alpha value is -0.610. The number of amides is 1. The predicted molar refractivity (Wildman–Crippen MR) is 61.8 cm³/mol.